The highest BCUT2D eigenvalue weighted by molar-refractivity contribution is 7.98. The van der Waals surface area contributed by atoms with Crippen LogP contribution in [0.25, 0.3) is 6.08 Å². The second-order valence-corrected chi connectivity index (χ2v) is 5.71. The molecule has 1 amide bonds. The number of rotatable bonds is 7. The molecule has 0 saturated carbocycles. The Morgan fingerprint density at radius 1 is 1.47 bits per heavy atom. The summed E-state index contributed by atoms with van der Waals surface area (Å²) in [6.07, 6.45) is 4.73. The molecule has 2 heterocycles. The van der Waals surface area contributed by atoms with E-state index in [2.05, 4.69) is 22.1 Å². The topological polar surface area (TPSA) is 42.2 Å². The monoisotopic (exact) mass is 293 g/mol. The minimum atomic E-state index is -0.0902. The van der Waals surface area contributed by atoms with E-state index in [1.165, 1.54) is 11.6 Å². The lowest BCUT2D eigenvalue weighted by atomic mass is 10.4. The lowest BCUT2D eigenvalue weighted by molar-refractivity contribution is -0.116. The molecular weight excluding hydrogens is 278 g/mol. The van der Waals surface area contributed by atoms with Crippen LogP contribution < -0.4 is 5.32 Å². The largest absolute Gasteiger partial charge is 0.465 e. The number of nitrogens with one attached hydrogen (secondary N) is 1. The summed E-state index contributed by atoms with van der Waals surface area (Å²) in [5.74, 6) is 2.51. The summed E-state index contributed by atoms with van der Waals surface area (Å²) in [4.78, 5) is 11.5. The Balaban J connectivity index is 1.56. The SMILES string of the molecule is O=C(/C=C/c1ccco1)NCCSCc1ccsc1. The van der Waals surface area contributed by atoms with Gasteiger partial charge in [0.1, 0.15) is 5.76 Å². The number of carbonyl (C=O) groups is 1. The van der Waals surface area contributed by atoms with E-state index in [-0.39, 0.29) is 5.91 Å². The number of carbonyl (C=O) groups excluding carboxylic acids is 1. The molecule has 0 saturated heterocycles. The van der Waals surface area contributed by atoms with Crippen LogP contribution in [0.4, 0.5) is 0 Å². The number of hydrogen-bond acceptors (Lipinski definition) is 4. The predicted molar refractivity (Wildman–Crippen MR) is 81.2 cm³/mol. The van der Waals surface area contributed by atoms with Gasteiger partial charge in [-0.2, -0.15) is 23.1 Å². The van der Waals surface area contributed by atoms with Gasteiger partial charge in [0.05, 0.1) is 6.26 Å². The second kappa shape index (κ2) is 7.86. The number of hydrogen-bond donors (Lipinski definition) is 1. The van der Waals surface area contributed by atoms with Gasteiger partial charge in [-0.05, 0) is 40.6 Å². The molecule has 0 bridgehead atoms. The van der Waals surface area contributed by atoms with Crippen LogP contribution in [0, 0.1) is 0 Å². The maximum Gasteiger partial charge on any atom is 0.244 e. The Labute approximate surface area is 120 Å². The Kier molecular flexibility index (Phi) is 5.78. The highest BCUT2D eigenvalue weighted by Gasteiger charge is 1.97. The van der Waals surface area contributed by atoms with Gasteiger partial charge in [-0.25, -0.2) is 0 Å². The van der Waals surface area contributed by atoms with Crippen molar-refractivity contribution in [1.29, 1.82) is 0 Å². The molecular formula is C14H15NO2S2. The van der Waals surface area contributed by atoms with E-state index in [1.54, 1.807) is 35.8 Å². The Morgan fingerprint density at radius 2 is 2.42 bits per heavy atom. The van der Waals surface area contributed by atoms with Crippen LogP contribution in [0.5, 0.6) is 0 Å². The van der Waals surface area contributed by atoms with Crippen molar-refractivity contribution in [3.8, 4) is 0 Å². The molecule has 1 N–H and O–H groups in total. The lowest BCUT2D eigenvalue weighted by Gasteiger charge is -2.01. The first-order valence-corrected chi connectivity index (χ1v) is 8.02. The van der Waals surface area contributed by atoms with Crippen molar-refractivity contribution >= 4 is 35.1 Å². The van der Waals surface area contributed by atoms with Crippen molar-refractivity contribution in [3.05, 3.63) is 52.6 Å². The summed E-state index contributed by atoms with van der Waals surface area (Å²) < 4.78 is 5.10. The molecule has 0 spiro atoms. The van der Waals surface area contributed by atoms with Crippen LogP contribution in [0.2, 0.25) is 0 Å². The van der Waals surface area contributed by atoms with E-state index >= 15 is 0 Å². The molecule has 100 valence electrons. The van der Waals surface area contributed by atoms with Crippen LogP contribution in [-0.4, -0.2) is 18.2 Å². The fraction of sp³-hybridized carbons (Fsp3) is 0.214. The smallest absolute Gasteiger partial charge is 0.244 e. The third kappa shape index (κ3) is 5.36. The number of amides is 1. The van der Waals surface area contributed by atoms with Crippen molar-refractivity contribution in [2.75, 3.05) is 12.3 Å². The first kappa shape index (κ1) is 14.0. The first-order chi connectivity index (χ1) is 9.34. The fourth-order valence-electron chi connectivity index (χ4n) is 1.41. The molecule has 19 heavy (non-hydrogen) atoms. The molecule has 0 radical (unpaired) electrons. The molecule has 0 aromatic carbocycles. The van der Waals surface area contributed by atoms with Crippen molar-refractivity contribution in [3.63, 3.8) is 0 Å². The molecule has 5 heteroatoms. The second-order valence-electron chi connectivity index (χ2n) is 3.82. The molecule has 0 aliphatic carbocycles. The van der Waals surface area contributed by atoms with Gasteiger partial charge in [0.15, 0.2) is 0 Å². The molecule has 0 aliphatic heterocycles. The van der Waals surface area contributed by atoms with Gasteiger partial charge in [0.25, 0.3) is 0 Å². The van der Waals surface area contributed by atoms with E-state index < -0.39 is 0 Å². The minimum absolute atomic E-state index is 0.0902. The standard InChI is InChI=1S/C14H15NO2S2/c16-14(4-3-13-2-1-7-17-13)15-6-9-19-11-12-5-8-18-10-12/h1-5,7-8,10H,6,9,11H2,(H,15,16)/b4-3+. The van der Waals surface area contributed by atoms with Gasteiger partial charge < -0.3 is 9.73 Å². The first-order valence-electron chi connectivity index (χ1n) is 5.93. The lowest BCUT2D eigenvalue weighted by Crippen LogP contribution is -2.23. The van der Waals surface area contributed by atoms with Crippen molar-refractivity contribution in [1.82, 2.24) is 5.32 Å². The summed E-state index contributed by atoms with van der Waals surface area (Å²) in [6.45, 7) is 0.677. The van der Waals surface area contributed by atoms with Gasteiger partial charge in [0.2, 0.25) is 5.91 Å². The average molecular weight is 293 g/mol. The molecule has 0 atom stereocenters. The van der Waals surface area contributed by atoms with Gasteiger partial charge >= 0.3 is 0 Å². The van der Waals surface area contributed by atoms with E-state index in [1.807, 2.05) is 11.8 Å². The van der Waals surface area contributed by atoms with Crippen LogP contribution in [0.15, 0.2) is 45.7 Å². The number of furan rings is 1. The zero-order valence-electron chi connectivity index (χ0n) is 10.4. The highest BCUT2D eigenvalue weighted by atomic mass is 32.2. The molecule has 3 nitrogen and oxygen atoms in total. The maximum atomic E-state index is 11.5. The van der Waals surface area contributed by atoms with Crippen molar-refractivity contribution in [2.45, 2.75) is 5.75 Å². The maximum absolute atomic E-state index is 11.5. The molecule has 0 fully saturated rings. The number of thioether (sulfide) groups is 1. The third-order valence-electron chi connectivity index (χ3n) is 2.34. The summed E-state index contributed by atoms with van der Waals surface area (Å²) >= 11 is 3.53. The van der Waals surface area contributed by atoms with Crippen LogP contribution in [0.1, 0.15) is 11.3 Å². The summed E-state index contributed by atoms with van der Waals surface area (Å²) in [5, 5.41) is 7.07. The molecule has 2 rings (SSSR count). The van der Waals surface area contributed by atoms with Crippen molar-refractivity contribution in [2.24, 2.45) is 0 Å². The van der Waals surface area contributed by atoms with Gasteiger partial charge in [-0.15, -0.1) is 0 Å². The number of thiophene rings is 1. The molecule has 0 unspecified atom stereocenters. The summed E-state index contributed by atoms with van der Waals surface area (Å²) in [7, 11) is 0. The van der Waals surface area contributed by atoms with Gasteiger partial charge in [-0.1, -0.05) is 0 Å². The summed E-state index contributed by atoms with van der Waals surface area (Å²) in [6, 6.07) is 5.72. The van der Waals surface area contributed by atoms with Crippen molar-refractivity contribution < 1.29 is 9.21 Å². The van der Waals surface area contributed by atoms with E-state index in [0.29, 0.717) is 12.3 Å². The Bertz CT molecular complexity index is 504. The Morgan fingerprint density at radius 3 is 3.16 bits per heavy atom. The van der Waals surface area contributed by atoms with Crippen LogP contribution in [0.3, 0.4) is 0 Å². The van der Waals surface area contributed by atoms with E-state index in [9.17, 15) is 4.79 Å². The fourth-order valence-corrected chi connectivity index (χ4v) is 2.99. The summed E-state index contributed by atoms with van der Waals surface area (Å²) in [5.41, 5.74) is 1.35. The third-order valence-corrected chi connectivity index (χ3v) is 4.10. The van der Waals surface area contributed by atoms with E-state index in [0.717, 1.165) is 11.5 Å². The predicted octanol–water partition coefficient (Wildman–Crippen LogP) is 3.40. The molecule has 2 aromatic rings. The zero-order valence-corrected chi connectivity index (χ0v) is 12.0. The zero-order chi connectivity index (χ0) is 13.3. The van der Waals surface area contributed by atoms with Crippen LogP contribution >= 0.6 is 23.1 Å². The van der Waals surface area contributed by atoms with Gasteiger partial charge in [-0.3, -0.25) is 4.79 Å². The average Bonchev–Trinajstić information content (AvgIpc) is 3.09. The molecule has 0 aliphatic rings. The van der Waals surface area contributed by atoms with Gasteiger partial charge in [0, 0.05) is 24.1 Å². The Hall–Kier alpha value is -1.46. The normalized spacial score (nSPS) is 10.9. The van der Waals surface area contributed by atoms with E-state index in [4.69, 9.17) is 4.42 Å². The highest BCUT2D eigenvalue weighted by Crippen LogP contribution is 2.14. The molecule has 2 aromatic heterocycles. The minimum Gasteiger partial charge on any atom is -0.465 e. The van der Waals surface area contributed by atoms with Crippen LogP contribution in [-0.2, 0) is 10.5 Å². The quantitative estimate of drug-likeness (QED) is 0.628.